The molecule has 1 rings (SSSR count). The maximum Gasteiger partial charge on any atom is 0.0322 e. The molecule has 0 saturated carbocycles. The van der Waals surface area contributed by atoms with Gasteiger partial charge in [0.05, 0.1) is 0 Å². The van der Waals surface area contributed by atoms with Gasteiger partial charge in [0.15, 0.2) is 0 Å². The highest BCUT2D eigenvalue weighted by Crippen LogP contribution is 2.26. The van der Waals surface area contributed by atoms with Crippen LogP contribution >= 0.6 is 11.8 Å². The fraction of sp³-hybridized carbons (Fsp3) is 0.647. The summed E-state index contributed by atoms with van der Waals surface area (Å²) >= 11 is 1.91. The van der Waals surface area contributed by atoms with Crippen LogP contribution in [0.5, 0.6) is 0 Å². The Labute approximate surface area is 123 Å². The highest BCUT2D eigenvalue weighted by atomic mass is 32.2. The molecule has 0 fully saturated rings. The summed E-state index contributed by atoms with van der Waals surface area (Å²) in [4.78, 5) is 1.38. The van der Waals surface area contributed by atoms with E-state index in [1.54, 1.807) is 0 Å². The third kappa shape index (κ3) is 6.01. The quantitative estimate of drug-likeness (QED) is 0.618. The summed E-state index contributed by atoms with van der Waals surface area (Å²) in [6.07, 6.45) is 3.85. The van der Waals surface area contributed by atoms with Crippen LogP contribution in [0.3, 0.4) is 0 Å². The topological polar surface area (TPSA) is 12.0 Å². The van der Waals surface area contributed by atoms with E-state index in [9.17, 15) is 0 Å². The van der Waals surface area contributed by atoms with Crippen molar-refractivity contribution in [3.63, 3.8) is 0 Å². The van der Waals surface area contributed by atoms with Gasteiger partial charge in [-0.15, -0.1) is 11.8 Å². The van der Waals surface area contributed by atoms with E-state index >= 15 is 0 Å². The minimum absolute atomic E-state index is 0.507. The van der Waals surface area contributed by atoms with Crippen LogP contribution in [-0.2, 0) is 0 Å². The Hall–Kier alpha value is -0.470. The predicted octanol–water partition coefficient (Wildman–Crippen LogP) is 5.28. The van der Waals surface area contributed by atoms with E-state index in [-0.39, 0.29) is 0 Å². The van der Waals surface area contributed by atoms with E-state index in [0.717, 1.165) is 18.2 Å². The maximum absolute atomic E-state index is 3.63. The van der Waals surface area contributed by atoms with Crippen molar-refractivity contribution in [3.8, 4) is 0 Å². The Bertz CT molecular complexity index is 334. The standard InChI is InChI=1S/C17H29NS/c1-5-8-14(4)13-17(18-6-2)15-9-11-16(12-10-15)19-7-3/h9-12,14,17-18H,5-8,13H2,1-4H3. The van der Waals surface area contributed by atoms with Crippen LogP contribution < -0.4 is 5.32 Å². The molecule has 0 aromatic heterocycles. The first-order valence-electron chi connectivity index (χ1n) is 7.67. The summed E-state index contributed by atoms with van der Waals surface area (Å²) in [6.45, 7) is 10.1. The molecule has 108 valence electrons. The zero-order valence-electron chi connectivity index (χ0n) is 12.9. The fourth-order valence-electron chi connectivity index (χ4n) is 2.56. The molecule has 0 radical (unpaired) electrons. The van der Waals surface area contributed by atoms with Gasteiger partial charge in [0.1, 0.15) is 0 Å². The molecule has 0 saturated heterocycles. The summed E-state index contributed by atoms with van der Waals surface area (Å²) in [5.74, 6) is 1.93. The first kappa shape index (κ1) is 16.6. The van der Waals surface area contributed by atoms with E-state index in [2.05, 4.69) is 57.3 Å². The van der Waals surface area contributed by atoms with Crippen LogP contribution in [0.1, 0.15) is 58.6 Å². The van der Waals surface area contributed by atoms with Gasteiger partial charge in [-0.05, 0) is 42.3 Å². The van der Waals surface area contributed by atoms with Crippen molar-refractivity contribution >= 4 is 11.8 Å². The zero-order valence-corrected chi connectivity index (χ0v) is 13.7. The maximum atomic E-state index is 3.63. The number of nitrogens with one attached hydrogen (secondary N) is 1. The van der Waals surface area contributed by atoms with E-state index in [4.69, 9.17) is 0 Å². The van der Waals surface area contributed by atoms with Crippen LogP contribution in [-0.4, -0.2) is 12.3 Å². The van der Waals surface area contributed by atoms with Crippen molar-refractivity contribution in [2.75, 3.05) is 12.3 Å². The molecule has 1 N–H and O–H groups in total. The molecular formula is C17H29NS. The number of benzene rings is 1. The highest BCUT2D eigenvalue weighted by molar-refractivity contribution is 7.99. The average Bonchev–Trinajstić information content (AvgIpc) is 2.40. The lowest BCUT2D eigenvalue weighted by molar-refractivity contribution is 0.395. The van der Waals surface area contributed by atoms with E-state index in [0.29, 0.717) is 6.04 Å². The number of hydrogen-bond donors (Lipinski definition) is 1. The second-order valence-corrected chi connectivity index (χ2v) is 6.58. The Morgan fingerprint density at radius 1 is 1.11 bits per heavy atom. The minimum atomic E-state index is 0.507. The van der Waals surface area contributed by atoms with E-state index in [1.165, 1.54) is 29.7 Å². The number of hydrogen-bond acceptors (Lipinski definition) is 2. The molecule has 0 amide bonds. The van der Waals surface area contributed by atoms with Crippen LogP contribution in [0, 0.1) is 5.92 Å². The molecule has 0 bridgehead atoms. The molecule has 2 unspecified atom stereocenters. The van der Waals surface area contributed by atoms with Gasteiger partial charge in [-0.1, -0.05) is 52.7 Å². The van der Waals surface area contributed by atoms with Crippen LogP contribution in [0.25, 0.3) is 0 Å². The summed E-state index contributed by atoms with van der Waals surface area (Å²) in [7, 11) is 0. The van der Waals surface area contributed by atoms with E-state index < -0.39 is 0 Å². The van der Waals surface area contributed by atoms with Crippen molar-refractivity contribution < 1.29 is 0 Å². The smallest absolute Gasteiger partial charge is 0.0322 e. The third-order valence-corrected chi connectivity index (χ3v) is 4.36. The normalized spacial score (nSPS) is 14.3. The summed E-state index contributed by atoms with van der Waals surface area (Å²) in [5.41, 5.74) is 1.44. The first-order valence-corrected chi connectivity index (χ1v) is 8.65. The van der Waals surface area contributed by atoms with Gasteiger partial charge < -0.3 is 5.32 Å². The molecule has 1 aromatic rings. The monoisotopic (exact) mass is 279 g/mol. The number of rotatable bonds is 9. The van der Waals surface area contributed by atoms with Crippen LogP contribution in [0.4, 0.5) is 0 Å². The van der Waals surface area contributed by atoms with Crippen molar-refractivity contribution in [1.82, 2.24) is 5.32 Å². The summed E-state index contributed by atoms with van der Waals surface area (Å²) in [6, 6.07) is 9.62. The average molecular weight is 279 g/mol. The van der Waals surface area contributed by atoms with Gasteiger partial charge in [-0.25, -0.2) is 0 Å². The second-order valence-electron chi connectivity index (χ2n) is 5.24. The Kier molecular flexibility index (Phi) is 8.24. The van der Waals surface area contributed by atoms with Crippen LogP contribution in [0.15, 0.2) is 29.2 Å². The molecule has 0 aliphatic rings. The molecular weight excluding hydrogens is 250 g/mol. The lowest BCUT2D eigenvalue weighted by Crippen LogP contribution is -2.22. The molecule has 2 atom stereocenters. The van der Waals surface area contributed by atoms with Crippen molar-refractivity contribution in [1.29, 1.82) is 0 Å². The fourth-order valence-corrected chi connectivity index (χ4v) is 3.22. The van der Waals surface area contributed by atoms with Gasteiger partial charge >= 0.3 is 0 Å². The number of thioether (sulfide) groups is 1. The Morgan fingerprint density at radius 2 is 1.79 bits per heavy atom. The Balaban J connectivity index is 2.68. The molecule has 19 heavy (non-hydrogen) atoms. The van der Waals surface area contributed by atoms with Gasteiger partial charge in [0, 0.05) is 10.9 Å². The third-order valence-electron chi connectivity index (χ3n) is 3.46. The van der Waals surface area contributed by atoms with Crippen LogP contribution in [0.2, 0.25) is 0 Å². The summed E-state index contributed by atoms with van der Waals surface area (Å²) < 4.78 is 0. The lowest BCUT2D eigenvalue weighted by Gasteiger charge is -2.22. The first-order chi connectivity index (χ1) is 9.21. The van der Waals surface area contributed by atoms with Gasteiger partial charge in [-0.3, -0.25) is 0 Å². The Morgan fingerprint density at radius 3 is 2.32 bits per heavy atom. The molecule has 2 heteroatoms. The lowest BCUT2D eigenvalue weighted by atomic mass is 9.93. The molecule has 0 aliphatic heterocycles. The highest BCUT2D eigenvalue weighted by Gasteiger charge is 2.13. The van der Waals surface area contributed by atoms with E-state index in [1.807, 2.05) is 11.8 Å². The van der Waals surface area contributed by atoms with Crippen molar-refractivity contribution in [2.45, 2.75) is 57.9 Å². The van der Waals surface area contributed by atoms with Crippen molar-refractivity contribution in [3.05, 3.63) is 29.8 Å². The molecule has 1 aromatic carbocycles. The molecule has 0 heterocycles. The van der Waals surface area contributed by atoms with Crippen molar-refractivity contribution in [2.24, 2.45) is 5.92 Å². The molecule has 0 aliphatic carbocycles. The second kappa shape index (κ2) is 9.44. The SMILES string of the molecule is CCCC(C)CC(NCC)c1ccc(SCC)cc1. The van der Waals surface area contributed by atoms with Gasteiger partial charge in [0.2, 0.25) is 0 Å². The van der Waals surface area contributed by atoms with Gasteiger partial charge in [0.25, 0.3) is 0 Å². The van der Waals surface area contributed by atoms with Gasteiger partial charge in [-0.2, -0.15) is 0 Å². The minimum Gasteiger partial charge on any atom is -0.310 e. The molecule has 1 nitrogen and oxygen atoms in total. The largest absolute Gasteiger partial charge is 0.310 e. The molecule has 0 spiro atoms. The summed E-state index contributed by atoms with van der Waals surface area (Å²) in [5, 5.41) is 3.63. The zero-order chi connectivity index (χ0) is 14.1. The predicted molar refractivity (Wildman–Crippen MR) is 87.9 cm³/mol.